The molecule has 0 radical (unpaired) electrons. The van der Waals surface area contributed by atoms with Crippen molar-refractivity contribution in [3.8, 4) is 11.1 Å². The standard InChI is InChI=1S/C22H15NO4/c1-12-6-4-11-17(18(12)22(26)27)23-21(25)16-10-5-9-14-13-7-2-3-8-15(13)20(24)19(14)16/h2-11H,1H3,(H,23,25)(H,26,27). The smallest absolute Gasteiger partial charge is 0.338 e. The maximum absolute atomic E-state index is 12.9. The first kappa shape index (κ1) is 16.7. The molecule has 0 unspecified atom stereocenters. The molecule has 1 aliphatic carbocycles. The van der Waals surface area contributed by atoms with Crippen molar-refractivity contribution in [2.45, 2.75) is 6.92 Å². The van der Waals surface area contributed by atoms with Gasteiger partial charge in [0, 0.05) is 11.1 Å². The minimum Gasteiger partial charge on any atom is -0.478 e. The van der Waals surface area contributed by atoms with Crippen molar-refractivity contribution in [1.29, 1.82) is 0 Å². The van der Waals surface area contributed by atoms with Crippen LogP contribution < -0.4 is 5.32 Å². The predicted octanol–water partition coefficient (Wildman–Crippen LogP) is 4.16. The number of amides is 1. The van der Waals surface area contributed by atoms with Crippen LogP contribution >= 0.6 is 0 Å². The van der Waals surface area contributed by atoms with Gasteiger partial charge < -0.3 is 10.4 Å². The van der Waals surface area contributed by atoms with E-state index in [2.05, 4.69) is 5.32 Å². The number of benzene rings is 3. The first-order chi connectivity index (χ1) is 13.0. The average Bonchev–Trinajstić information content (AvgIpc) is 2.94. The minimum atomic E-state index is -1.12. The van der Waals surface area contributed by atoms with E-state index in [1.54, 1.807) is 43.3 Å². The Bertz CT molecular complexity index is 1130. The zero-order valence-corrected chi connectivity index (χ0v) is 14.4. The van der Waals surface area contributed by atoms with Gasteiger partial charge in [-0.25, -0.2) is 4.79 Å². The second-order valence-electron chi connectivity index (χ2n) is 6.36. The van der Waals surface area contributed by atoms with E-state index in [4.69, 9.17) is 0 Å². The first-order valence-corrected chi connectivity index (χ1v) is 8.40. The Kier molecular flexibility index (Phi) is 3.85. The molecule has 0 saturated carbocycles. The number of carbonyl (C=O) groups is 3. The predicted molar refractivity (Wildman–Crippen MR) is 101 cm³/mol. The Hall–Kier alpha value is -3.73. The van der Waals surface area contributed by atoms with Crippen LogP contribution in [0.15, 0.2) is 60.7 Å². The third-order valence-corrected chi connectivity index (χ3v) is 4.73. The lowest BCUT2D eigenvalue weighted by molar-refractivity contribution is 0.0697. The summed E-state index contributed by atoms with van der Waals surface area (Å²) in [6, 6.07) is 17.2. The molecule has 0 saturated heterocycles. The van der Waals surface area contributed by atoms with Gasteiger partial charge in [-0.15, -0.1) is 0 Å². The molecular weight excluding hydrogens is 342 g/mol. The van der Waals surface area contributed by atoms with Crippen LogP contribution in [0.1, 0.15) is 42.2 Å². The third-order valence-electron chi connectivity index (χ3n) is 4.73. The van der Waals surface area contributed by atoms with Crippen LogP contribution in [-0.2, 0) is 0 Å². The molecular formula is C22H15NO4. The number of rotatable bonds is 3. The summed E-state index contributed by atoms with van der Waals surface area (Å²) >= 11 is 0. The number of hydrogen-bond donors (Lipinski definition) is 2. The number of fused-ring (bicyclic) bond motifs is 3. The van der Waals surface area contributed by atoms with Crippen LogP contribution in [0.25, 0.3) is 11.1 Å². The average molecular weight is 357 g/mol. The summed E-state index contributed by atoms with van der Waals surface area (Å²) in [5.74, 6) is -1.83. The lowest BCUT2D eigenvalue weighted by Crippen LogP contribution is -2.18. The zero-order valence-electron chi connectivity index (χ0n) is 14.4. The Morgan fingerprint density at radius 2 is 1.52 bits per heavy atom. The number of carboxylic acid groups (broad SMARTS) is 1. The normalized spacial score (nSPS) is 11.7. The Balaban J connectivity index is 1.78. The molecule has 132 valence electrons. The Morgan fingerprint density at radius 3 is 2.26 bits per heavy atom. The number of nitrogens with one attached hydrogen (secondary N) is 1. The van der Waals surface area contributed by atoms with Crippen LogP contribution in [0.2, 0.25) is 0 Å². The fourth-order valence-electron chi connectivity index (χ4n) is 3.51. The van der Waals surface area contributed by atoms with Gasteiger partial charge in [0.2, 0.25) is 0 Å². The molecule has 2 N–H and O–H groups in total. The Labute approximate surface area is 155 Å². The Morgan fingerprint density at radius 1 is 0.852 bits per heavy atom. The summed E-state index contributed by atoms with van der Waals surface area (Å²) in [5, 5.41) is 12.1. The van der Waals surface area contributed by atoms with Crippen molar-refractivity contribution >= 4 is 23.3 Å². The zero-order chi connectivity index (χ0) is 19.1. The van der Waals surface area contributed by atoms with Crippen LogP contribution in [0, 0.1) is 6.92 Å². The lowest BCUT2D eigenvalue weighted by Gasteiger charge is -2.12. The van der Waals surface area contributed by atoms with Crippen molar-refractivity contribution in [1.82, 2.24) is 0 Å². The molecule has 3 aromatic rings. The quantitative estimate of drug-likeness (QED) is 0.577. The van der Waals surface area contributed by atoms with Gasteiger partial charge >= 0.3 is 5.97 Å². The molecule has 4 rings (SSSR count). The molecule has 1 amide bonds. The second-order valence-corrected chi connectivity index (χ2v) is 6.36. The number of aromatic carboxylic acids is 1. The first-order valence-electron chi connectivity index (χ1n) is 8.40. The molecule has 0 atom stereocenters. The maximum Gasteiger partial charge on any atom is 0.338 e. The van der Waals surface area contributed by atoms with E-state index in [9.17, 15) is 19.5 Å². The molecule has 0 aromatic heterocycles. The molecule has 1 aliphatic rings. The fourth-order valence-corrected chi connectivity index (χ4v) is 3.51. The van der Waals surface area contributed by atoms with Crippen molar-refractivity contribution in [2.75, 3.05) is 5.32 Å². The van der Waals surface area contributed by atoms with E-state index >= 15 is 0 Å². The maximum atomic E-state index is 12.9. The van der Waals surface area contributed by atoms with Crippen LogP contribution in [0.3, 0.4) is 0 Å². The highest BCUT2D eigenvalue weighted by molar-refractivity contribution is 6.27. The van der Waals surface area contributed by atoms with Gasteiger partial charge in [0.15, 0.2) is 5.78 Å². The summed E-state index contributed by atoms with van der Waals surface area (Å²) in [4.78, 5) is 37.3. The summed E-state index contributed by atoms with van der Waals surface area (Å²) in [5.41, 5.74) is 3.44. The number of hydrogen-bond acceptors (Lipinski definition) is 3. The number of anilines is 1. The molecule has 0 spiro atoms. The van der Waals surface area contributed by atoms with E-state index in [-0.39, 0.29) is 22.6 Å². The highest BCUT2D eigenvalue weighted by Crippen LogP contribution is 2.38. The summed E-state index contributed by atoms with van der Waals surface area (Å²) in [7, 11) is 0. The largest absolute Gasteiger partial charge is 0.478 e. The molecule has 27 heavy (non-hydrogen) atoms. The van der Waals surface area contributed by atoms with E-state index in [1.165, 1.54) is 6.07 Å². The molecule has 5 nitrogen and oxygen atoms in total. The lowest BCUT2D eigenvalue weighted by atomic mass is 10.00. The number of ketones is 1. The van der Waals surface area contributed by atoms with Crippen molar-refractivity contribution < 1.29 is 19.5 Å². The number of aryl methyl sites for hydroxylation is 1. The molecule has 0 bridgehead atoms. The third kappa shape index (κ3) is 2.60. The van der Waals surface area contributed by atoms with Gasteiger partial charge in [0.1, 0.15) is 0 Å². The molecule has 0 heterocycles. The van der Waals surface area contributed by atoms with Crippen molar-refractivity contribution in [2.24, 2.45) is 0 Å². The van der Waals surface area contributed by atoms with Crippen molar-refractivity contribution in [3.05, 3.63) is 88.5 Å². The molecule has 0 aliphatic heterocycles. The number of carboxylic acids is 1. The molecule has 0 fully saturated rings. The van der Waals surface area contributed by atoms with Crippen molar-refractivity contribution in [3.63, 3.8) is 0 Å². The second kappa shape index (κ2) is 6.21. The van der Waals surface area contributed by atoms with Gasteiger partial charge in [-0.3, -0.25) is 9.59 Å². The van der Waals surface area contributed by atoms with Gasteiger partial charge in [-0.05, 0) is 35.7 Å². The van der Waals surface area contributed by atoms with Gasteiger partial charge in [0.05, 0.1) is 16.8 Å². The van der Waals surface area contributed by atoms with Crippen LogP contribution in [0.4, 0.5) is 5.69 Å². The number of carbonyl (C=O) groups excluding carboxylic acids is 2. The van der Waals surface area contributed by atoms with E-state index in [0.717, 1.165) is 5.56 Å². The highest BCUT2D eigenvalue weighted by atomic mass is 16.4. The van der Waals surface area contributed by atoms with E-state index in [0.29, 0.717) is 22.3 Å². The summed E-state index contributed by atoms with van der Waals surface area (Å²) in [6.45, 7) is 1.67. The van der Waals surface area contributed by atoms with E-state index < -0.39 is 11.9 Å². The van der Waals surface area contributed by atoms with Crippen LogP contribution in [0.5, 0.6) is 0 Å². The minimum absolute atomic E-state index is 0.0352. The van der Waals surface area contributed by atoms with Gasteiger partial charge in [-0.2, -0.15) is 0 Å². The van der Waals surface area contributed by atoms with Crippen LogP contribution in [-0.4, -0.2) is 22.8 Å². The topological polar surface area (TPSA) is 83.5 Å². The molecule has 3 aromatic carbocycles. The monoisotopic (exact) mass is 357 g/mol. The van der Waals surface area contributed by atoms with Gasteiger partial charge in [-0.1, -0.05) is 48.5 Å². The SMILES string of the molecule is Cc1cccc(NC(=O)c2cccc3c2C(=O)c2ccccc2-3)c1C(=O)O. The highest BCUT2D eigenvalue weighted by Gasteiger charge is 2.31. The summed E-state index contributed by atoms with van der Waals surface area (Å²) in [6.07, 6.45) is 0. The van der Waals surface area contributed by atoms with Gasteiger partial charge in [0.25, 0.3) is 5.91 Å². The summed E-state index contributed by atoms with van der Waals surface area (Å²) < 4.78 is 0. The molecule has 5 heteroatoms. The fraction of sp³-hybridized carbons (Fsp3) is 0.0455. The van der Waals surface area contributed by atoms with E-state index in [1.807, 2.05) is 18.2 Å².